The Hall–Kier alpha value is -2.69. The molecule has 9 heteroatoms. The Balaban J connectivity index is 2.06. The number of rotatable bonds is 6. The zero-order valence-corrected chi connectivity index (χ0v) is 14.3. The molecule has 0 unspecified atom stereocenters. The molecule has 0 radical (unpaired) electrons. The first-order valence-electron chi connectivity index (χ1n) is 7.09. The molecule has 1 aromatic heterocycles. The van der Waals surface area contributed by atoms with Gasteiger partial charge in [-0.05, 0) is 5.56 Å². The summed E-state index contributed by atoms with van der Waals surface area (Å²) in [7, 11) is 0. The van der Waals surface area contributed by atoms with Crippen LogP contribution in [0.5, 0.6) is 0 Å². The summed E-state index contributed by atoms with van der Waals surface area (Å²) in [5.41, 5.74) is 0.0475. The van der Waals surface area contributed by atoms with Gasteiger partial charge in [-0.2, -0.15) is 10.4 Å². The zero-order valence-electron chi connectivity index (χ0n) is 12.8. The molecule has 1 amide bonds. The minimum atomic E-state index is -1.56. The summed E-state index contributed by atoms with van der Waals surface area (Å²) in [4.78, 5) is 36.1. The largest absolute Gasteiger partial charge is 0.350 e. The van der Waals surface area contributed by atoms with Crippen LogP contribution < -0.4 is 10.9 Å². The van der Waals surface area contributed by atoms with Crippen LogP contribution in [-0.2, 0) is 22.7 Å². The molecule has 2 aromatic rings. The number of carbonyl (C=O) groups excluding carboxylic acids is 2. The Morgan fingerprint density at radius 1 is 1.28 bits per heavy atom. The first kappa shape index (κ1) is 18.6. The summed E-state index contributed by atoms with van der Waals surface area (Å²) in [6.07, 6.45) is 1.11. The first-order chi connectivity index (χ1) is 11.9. The fourth-order valence-corrected chi connectivity index (χ4v) is 2.23. The lowest BCUT2D eigenvalue weighted by atomic mass is 10.0. The topological polar surface area (TPSA) is 105 Å². The van der Waals surface area contributed by atoms with E-state index in [4.69, 9.17) is 28.5 Å². The van der Waals surface area contributed by atoms with Crippen molar-refractivity contribution in [3.8, 4) is 6.07 Å². The van der Waals surface area contributed by atoms with Crippen LogP contribution in [0.4, 0.5) is 0 Å². The van der Waals surface area contributed by atoms with Gasteiger partial charge in [0.25, 0.3) is 5.56 Å². The van der Waals surface area contributed by atoms with Gasteiger partial charge < -0.3 is 5.32 Å². The molecule has 1 N–H and O–H groups in total. The summed E-state index contributed by atoms with van der Waals surface area (Å²) < 4.78 is 0.755. The standard InChI is InChI=1S/C16H12Cl2N4O3/c17-12-8-21-22(16(25)14(12)18)9-13(23)11(6-19)15(24)20-7-10-4-2-1-3-5-10/h1-5,8,11H,7,9H2,(H,20,24)/t11-/m1/s1. The Morgan fingerprint density at radius 3 is 2.60 bits per heavy atom. The number of hydrogen-bond acceptors (Lipinski definition) is 5. The van der Waals surface area contributed by atoms with Gasteiger partial charge in [0, 0.05) is 6.54 Å². The lowest BCUT2D eigenvalue weighted by Crippen LogP contribution is -2.37. The summed E-state index contributed by atoms with van der Waals surface area (Å²) >= 11 is 11.4. The number of hydrogen-bond donors (Lipinski definition) is 1. The summed E-state index contributed by atoms with van der Waals surface area (Å²) in [6, 6.07) is 10.7. The van der Waals surface area contributed by atoms with Crippen LogP contribution in [0.3, 0.4) is 0 Å². The smallest absolute Gasteiger partial charge is 0.287 e. The van der Waals surface area contributed by atoms with Crippen LogP contribution in [0, 0.1) is 17.2 Å². The van der Waals surface area contributed by atoms with E-state index in [9.17, 15) is 14.4 Å². The number of aromatic nitrogens is 2. The third-order valence-corrected chi connectivity index (χ3v) is 4.02. The predicted octanol–water partition coefficient (Wildman–Crippen LogP) is 1.58. The molecule has 0 saturated carbocycles. The average molecular weight is 379 g/mol. The monoisotopic (exact) mass is 378 g/mol. The fourth-order valence-electron chi connectivity index (χ4n) is 1.96. The molecule has 0 saturated heterocycles. The van der Waals surface area contributed by atoms with E-state index in [0.29, 0.717) is 0 Å². The quantitative estimate of drug-likeness (QED) is 0.768. The number of ketones is 1. The number of nitriles is 1. The van der Waals surface area contributed by atoms with Crippen LogP contribution in [0.2, 0.25) is 10.0 Å². The maximum Gasteiger partial charge on any atom is 0.287 e. The average Bonchev–Trinajstić information content (AvgIpc) is 2.62. The Kier molecular flexibility index (Phi) is 6.28. The van der Waals surface area contributed by atoms with E-state index in [1.54, 1.807) is 30.3 Å². The van der Waals surface area contributed by atoms with Gasteiger partial charge in [-0.1, -0.05) is 53.5 Å². The summed E-state index contributed by atoms with van der Waals surface area (Å²) in [6.45, 7) is -0.386. The van der Waals surface area contributed by atoms with Gasteiger partial charge in [0.2, 0.25) is 5.91 Å². The van der Waals surface area contributed by atoms with Gasteiger partial charge in [-0.3, -0.25) is 14.4 Å². The predicted molar refractivity (Wildman–Crippen MR) is 90.9 cm³/mol. The molecule has 0 fully saturated rings. The van der Waals surface area contributed by atoms with Crippen LogP contribution >= 0.6 is 23.2 Å². The van der Waals surface area contributed by atoms with Gasteiger partial charge >= 0.3 is 0 Å². The second kappa shape index (κ2) is 8.42. The van der Waals surface area contributed by atoms with Crippen molar-refractivity contribution in [2.24, 2.45) is 5.92 Å². The van der Waals surface area contributed by atoms with Crippen molar-refractivity contribution in [1.29, 1.82) is 5.26 Å². The maximum atomic E-state index is 12.2. The molecule has 0 bridgehead atoms. The molecule has 0 aliphatic carbocycles. The second-order valence-corrected chi connectivity index (χ2v) is 5.79. The third kappa shape index (κ3) is 4.66. The van der Waals surface area contributed by atoms with E-state index in [2.05, 4.69) is 10.4 Å². The number of nitrogens with one attached hydrogen (secondary N) is 1. The Labute approximate surface area is 152 Å². The molecule has 2 rings (SSSR count). The van der Waals surface area contributed by atoms with E-state index in [1.807, 2.05) is 6.07 Å². The van der Waals surface area contributed by atoms with Gasteiger partial charge in [0.1, 0.15) is 11.6 Å². The van der Waals surface area contributed by atoms with Crippen LogP contribution in [0.25, 0.3) is 0 Å². The van der Waals surface area contributed by atoms with E-state index in [1.165, 1.54) is 0 Å². The highest BCUT2D eigenvalue weighted by Gasteiger charge is 2.27. The summed E-state index contributed by atoms with van der Waals surface area (Å²) in [5, 5.41) is 15.0. The van der Waals surface area contributed by atoms with Crippen LogP contribution in [-0.4, -0.2) is 21.5 Å². The van der Waals surface area contributed by atoms with Gasteiger partial charge in [-0.15, -0.1) is 0 Å². The third-order valence-electron chi connectivity index (χ3n) is 3.27. The number of nitrogens with zero attached hydrogens (tertiary/aromatic N) is 3. The van der Waals surface area contributed by atoms with Crippen molar-refractivity contribution in [3.05, 3.63) is 62.5 Å². The number of carbonyl (C=O) groups is 2. The van der Waals surface area contributed by atoms with E-state index in [-0.39, 0.29) is 16.6 Å². The normalized spacial score (nSPS) is 11.4. The van der Waals surface area contributed by atoms with Crippen molar-refractivity contribution >= 4 is 34.9 Å². The van der Waals surface area contributed by atoms with Gasteiger partial charge in [0.15, 0.2) is 11.7 Å². The molecular weight excluding hydrogens is 367 g/mol. The lowest BCUT2D eigenvalue weighted by molar-refractivity contribution is -0.132. The molecule has 25 heavy (non-hydrogen) atoms. The molecule has 7 nitrogen and oxygen atoms in total. The molecule has 128 valence electrons. The van der Waals surface area contributed by atoms with Crippen molar-refractivity contribution in [2.75, 3.05) is 0 Å². The van der Waals surface area contributed by atoms with Crippen LogP contribution in [0.15, 0.2) is 41.3 Å². The molecule has 0 spiro atoms. The highest BCUT2D eigenvalue weighted by atomic mass is 35.5. The molecule has 0 aliphatic heterocycles. The van der Waals surface area contributed by atoms with Crippen molar-refractivity contribution in [1.82, 2.24) is 15.1 Å². The first-order valence-corrected chi connectivity index (χ1v) is 7.84. The number of halogens is 2. The number of amides is 1. The highest BCUT2D eigenvalue weighted by Crippen LogP contribution is 2.14. The van der Waals surface area contributed by atoms with Crippen molar-refractivity contribution in [2.45, 2.75) is 13.1 Å². The maximum absolute atomic E-state index is 12.2. The second-order valence-electron chi connectivity index (χ2n) is 5.00. The number of Topliss-reactive ketones (excluding diaryl/α,β-unsaturated/α-hetero) is 1. The SMILES string of the molecule is N#C[C@H](C(=O)Cn1ncc(Cl)c(Cl)c1=O)C(=O)NCc1ccccc1. The Bertz CT molecular complexity index is 890. The van der Waals surface area contributed by atoms with Crippen molar-refractivity contribution in [3.63, 3.8) is 0 Å². The fraction of sp³-hybridized carbons (Fsp3) is 0.188. The number of benzene rings is 1. The molecule has 1 aromatic carbocycles. The lowest BCUT2D eigenvalue weighted by Gasteiger charge is -2.10. The van der Waals surface area contributed by atoms with E-state index >= 15 is 0 Å². The summed E-state index contributed by atoms with van der Waals surface area (Å²) in [5.74, 6) is -3.09. The van der Waals surface area contributed by atoms with Crippen molar-refractivity contribution < 1.29 is 9.59 Å². The minimum absolute atomic E-state index is 0.0483. The molecule has 1 heterocycles. The molecule has 1 atom stereocenters. The van der Waals surface area contributed by atoms with Gasteiger partial charge in [0.05, 0.1) is 17.3 Å². The zero-order chi connectivity index (χ0) is 18.4. The van der Waals surface area contributed by atoms with E-state index < -0.39 is 29.7 Å². The minimum Gasteiger partial charge on any atom is -0.350 e. The molecule has 0 aliphatic rings. The van der Waals surface area contributed by atoms with Crippen LogP contribution in [0.1, 0.15) is 5.56 Å². The van der Waals surface area contributed by atoms with E-state index in [0.717, 1.165) is 16.4 Å². The molecular formula is C16H12Cl2N4O3. The highest BCUT2D eigenvalue weighted by molar-refractivity contribution is 6.41. The Morgan fingerprint density at radius 2 is 1.96 bits per heavy atom. The van der Waals surface area contributed by atoms with Gasteiger partial charge in [-0.25, -0.2) is 4.68 Å².